The fourth-order valence-electron chi connectivity index (χ4n) is 9.15. The van der Waals surface area contributed by atoms with Gasteiger partial charge in [-0.05, 0) is 85.2 Å². The first kappa shape index (κ1) is 52.2. The Morgan fingerprint density at radius 2 is 1.18 bits per heavy atom. The van der Waals surface area contributed by atoms with E-state index in [0.717, 1.165) is 93.8 Å². The highest BCUT2D eigenvalue weighted by molar-refractivity contribution is 7.85. The Balaban J connectivity index is 0.000000231. The average Bonchev–Trinajstić information content (AvgIpc) is 3.85. The molecule has 2 aromatic heterocycles. The maximum absolute atomic E-state index is 13.2. The number of alkyl carbamates (subject to hydrolysis) is 1. The molecule has 3 saturated carbocycles. The monoisotopic (exact) mass is 966 g/mol. The molecule has 364 valence electrons. The van der Waals surface area contributed by atoms with Crippen LogP contribution in [0.1, 0.15) is 118 Å². The van der Waals surface area contributed by atoms with Gasteiger partial charge < -0.3 is 46.0 Å². The van der Waals surface area contributed by atoms with Crippen LogP contribution in [0.25, 0.3) is 0 Å². The summed E-state index contributed by atoms with van der Waals surface area (Å²) < 4.78 is 31.7. The van der Waals surface area contributed by atoms with E-state index < -0.39 is 21.8 Å². The van der Waals surface area contributed by atoms with Crippen molar-refractivity contribution in [3.63, 3.8) is 0 Å². The number of thiazole rings is 2. The molecule has 0 aromatic carbocycles. The van der Waals surface area contributed by atoms with Crippen LogP contribution in [-0.2, 0) is 50.4 Å². The minimum atomic E-state index is -3.67. The van der Waals surface area contributed by atoms with Crippen molar-refractivity contribution >= 4 is 62.5 Å². The highest BCUT2D eigenvalue weighted by Crippen LogP contribution is 2.33. The quantitative estimate of drug-likeness (QED) is 0.239. The van der Waals surface area contributed by atoms with E-state index in [1.54, 1.807) is 38.0 Å². The van der Waals surface area contributed by atoms with Crippen molar-refractivity contribution in [3.05, 3.63) is 31.2 Å². The number of nitrogens with two attached hydrogens (primary N) is 1. The van der Waals surface area contributed by atoms with Gasteiger partial charge in [-0.2, -0.15) is 8.42 Å². The lowest BCUT2D eigenvalue weighted by molar-refractivity contribution is -0.135. The van der Waals surface area contributed by atoms with E-state index in [1.807, 2.05) is 6.92 Å². The van der Waals surface area contributed by atoms with Gasteiger partial charge in [0.05, 0.1) is 29.7 Å². The lowest BCUT2D eigenvalue weighted by atomic mass is 9.81. The Morgan fingerprint density at radius 1 is 0.738 bits per heavy atom. The van der Waals surface area contributed by atoms with Crippen molar-refractivity contribution in [1.82, 2.24) is 45.5 Å². The van der Waals surface area contributed by atoms with Crippen molar-refractivity contribution < 1.29 is 41.7 Å². The van der Waals surface area contributed by atoms with Crippen LogP contribution in [0.2, 0.25) is 0 Å². The molecule has 4 heterocycles. The molecule has 0 radical (unpaired) electrons. The first-order chi connectivity index (χ1) is 30.5. The molecule has 6 N–H and O–H groups in total. The third-order valence-corrected chi connectivity index (χ3v) is 14.9. The summed E-state index contributed by atoms with van der Waals surface area (Å²) in [7, 11) is 7.50. The maximum atomic E-state index is 13.2. The molecule has 22 heteroatoms. The standard InChI is InChI=1S/C25H39N5O4S.C17H27N5O2S.CH4O3S/c1-25(11-6-5-7-12-25)34-24(33)28-17-9-8-16(23(32)29(2)3)14-19(17)26-21(31)22-27-18-10-13-30(4)15-20(18)35-22;1-21(2)17(24)10-4-5-11(18)13(8-10)19-15(23)16-20-12-6-7-22(3)9-14(12)25-16;1-5(2,3)4/h16-17,19H,5-15H2,1-4H3,(H,26,31)(H,28,33);10-11,13H,4-9,18H2,1-3H3,(H,19,23);1H3,(H,2,3,4)/t16-,17-,19+;10-,11-,13+;/m00./s1. The first-order valence-corrected chi connectivity index (χ1v) is 26.0. The molecule has 5 aliphatic rings. The van der Waals surface area contributed by atoms with Crippen LogP contribution < -0.4 is 21.7 Å². The van der Waals surface area contributed by atoms with Gasteiger partial charge >= 0.3 is 6.09 Å². The fourth-order valence-corrected chi connectivity index (χ4v) is 11.3. The number of carbonyl (C=O) groups is 5. The minimum absolute atomic E-state index is 0.0488. The van der Waals surface area contributed by atoms with Crippen LogP contribution in [0.4, 0.5) is 4.79 Å². The van der Waals surface area contributed by atoms with Gasteiger partial charge in [-0.15, -0.1) is 22.7 Å². The van der Waals surface area contributed by atoms with Crippen molar-refractivity contribution in [2.75, 3.05) is 61.6 Å². The van der Waals surface area contributed by atoms with Crippen molar-refractivity contribution in [2.45, 2.75) is 133 Å². The number of carbonyl (C=O) groups excluding carboxylic acids is 5. The van der Waals surface area contributed by atoms with Gasteiger partial charge in [-0.1, -0.05) is 6.42 Å². The van der Waals surface area contributed by atoms with Gasteiger partial charge in [-0.25, -0.2) is 14.8 Å². The smallest absolute Gasteiger partial charge is 0.407 e. The van der Waals surface area contributed by atoms with Gasteiger partial charge in [0.2, 0.25) is 11.8 Å². The number of likely N-dealkylation sites (N-methyl/N-ethyl adjacent to an activating group) is 2. The van der Waals surface area contributed by atoms with Crippen LogP contribution in [0.15, 0.2) is 0 Å². The van der Waals surface area contributed by atoms with E-state index in [4.69, 9.17) is 15.0 Å². The number of nitrogens with zero attached hydrogens (tertiary/aromatic N) is 6. The predicted octanol–water partition coefficient (Wildman–Crippen LogP) is 2.88. The van der Waals surface area contributed by atoms with E-state index in [2.05, 4.69) is 49.8 Å². The number of nitrogens with one attached hydrogen (secondary N) is 3. The van der Waals surface area contributed by atoms with E-state index in [0.29, 0.717) is 42.0 Å². The number of hydrogen-bond acceptors (Lipinski definition) is 15. The SMILES string of the molecule is CN1CCc2nc(C(=O)N[C@@H]3C[C@@H](C(=O)N(C)C)CC[C@@H]3N)sc2C1.CN1CCc2nc(C(=O)N[C@@H]3C[C@@H](C(=O)N(C)C)CC[C@@H]3NC(=O)OC3(C)CCCCC3)sc2C1.CS(=O)(=O)O. The Morgan fingerprint density at radius 3 is 1.66 bits per heavy atom. The highest BCUT2D eigenvalue weighted by atomic mass is 32.2. The molecule has 3 fully saturated rings. The van der Waals surface area contributed by atoms with Crippen LogP contribution in [-0.4, -0.2) is 164 Å². The largest absolute Gasteiger partial charge is 0.443 e. The molecule has 3 aliphatic carbocycles. The molecule has 7 rings (SSSR count). The molecule has 0 saturated heterocycles. The summed E-state index contributed by atoms with van der Waals surface area (Å²) >= 11 is 2.90. The zero-order valence-corrected chi connectivity index (χ0v) is 41.6. The fraction of sp³-hybridized carbons (Fsp3) is 0.744. The lowest BCUT2D eigenvalue weighted by Crippen LogP contribution is -2.56. The number of fused-ring (bicyclic) bond motifs is 2. The molecule has 2 aliphatic heterocycles. The van der Waals surface area contributed by atoms with Gasteiger partial charge in [0.15, 0.2) is 10.0 Å². The Kier molecular flexibility index (Phi) is 18.3. The Bertz CT molecular complexity index is 2100. The van der Waals surface area contributed by atoms with Gasteiger partial charge in [0.25, 0.3) is 21.9 Å². The first-order valence-electron chi connectivity index (χ1n) is 22.5. The zero-order chi connectivity index (χ0) is 47.8. The second-order valence-corrected chi connectivity index (χ2v) is 22.6. The van der Waals surface area contributed by atoms with Gasteiger partial charge in [-0.3, -0.25) is 23.7 Å². The summed E-state index contributed by atoms with van der Waals surface area (Å²) in [5.74, 6) is -0.516. The average molecular weight is 967 g/mol. The number of aromatic nitrogens is 2. The summed E-state index contributed by atoms with van der Waals surface area (Å²) in [6.45, 7) is 5.56. The van der Waals surface area contributed by atoms with Crippen LogP contribution in [0, 0.1) is 11.8 Å². The summed E-state index contributed by atoms with van der Waals surface area (Å²) in [4.78, 5) is 82.7. The van der Waals surface area contributed by atoms with E-state index in [1.165, 1.54) is 34.0 Å². The van der Waals surface area contributed by atoms with Crippen LogP contribution >= 0.6 is 22.7 Å². The number of ether oxygens (including phenoxy) is 1. The highest BCUT2D eigenvalue weighted by Gasteiger charge is 2.39. The predicted molar refractivity (Wildman–Crippen MR) is 249 cm³/mol. The third kappa shape index (κ3) is 15.4. The molecular formula is C43H70N10O9S3. The van der Waals surface area contributed by atoms with Crippen LogP contribution in [0.5, 0.6) is 0 Å². The summed E-state index contributed by atoms with van der Waals surface area (Å²) in [6, 6.07) is -0.972. The molecule has 0 spiro atoms. The van der Waals surface area contributed by atoms with E-state index in [9.17, 15) is 32.4 Å². The number of hydrogen-bond donors (Lipinski definition) is 5. The Labute approximate surface area is 391 Å². The molecule has 5 amide bonds. The molecular weight excluding hydrogens is 897 g/mol. The molecule has 19 nitrogen and oxygen atoms in total. The van der Waals surface area contributed by atoms with E-state index >= 15 is 0 Å². The summed E-state index contributed by atoms with van der Waals surface area (Å²) in [6.07, 6.45) is 10.9. The van der Waals surface area contributed by atoms with Crippen molar-refractivity contribution in [3.8, 4) is 0 Å². The summed E-state index contributed by atoms with van der Waals surface area (Å²) in [5, 5.41) is 10.1. The Hall–Kier alpha value is -3.80. The molecule has 0 unspecified atom stereocenters. The number of rotatable bonds is 8. The van der Waals surface area contributed by atoms with Crippen molar-refractivity contribution in [1.29, 1.82) is 0 Å². The molecule has 2 aromatic rings. The van der Waals surface area contributed by atoms with E-state index in [-0.39, 0.29) is 59.6 Å². The van der Waals surface area contributed by atoms with Gasteiger partial charge in [0.1, 0.15) is 5.60 Å². The summed E-state index contributed by atoms with van der Waals surface area (Å²) in [5.41, 5.74) is 7.80. The third-order valence-electron chi connectivity index (χ3n) is 12.8. The zero-order valence-electron chi connectivity index (χ0n) is 39.2. The lowest BCUT2D eigenvalue weighted by Gasteiger charge is -2.38. The second kappa shape index (κ2) is 22.8. The maximum Gasteiger partial charge on any atom is 0.407 e. The number of amides is 5. The van der Waals surface area contributed by atoms with Gasteiger partial charge in [0, 0.05) is 101 Å². The molecule has 0 bridgehead atoms. The van der Waals surface area contributed by atoms with Crippen LogP contribution in [0.3, 0.4) is 0 Å². The minimum Gasteiger partial charge on any atom is -0.443 e. The second-order valence-electron chi connectivity index (χ2n) is 18.9. The normalized spacial score (nSPS) is 25.4. The molecule has 65 heavy (non-hydrogen) atoms. The van der Waals surface area contributed by atoms with Crippen molar-refractivity contribution in [2.24, 2.45) is 17.6 Å². The topological polar surface area (TPSA) is 250 Å². The molecule has 6 atom stereocenters.